The van der Waals surface area contributed by atoms with E-state index in [4.69, 9.17) is 10.2 Å². The van der Waals surface area contributed by atoms with Crippen LogP contribution in [-0.4, -0.2) is 10.2 Å². The number of benzene rings is 2. The van der Waals surface area contributed by atoms with Crippen LogP contribution in [0.5, 0.6) is 11.5 Å². The van der Waals surface area contributed by atoms with E-state index in [2.05, 4.69) is 24.3 Å². The molecule has 2 aliphatic rings. The van der Waals surface area contributed by atoms with E-state index in [0.29, 0.717) is 0 Å². The summed E-state index contributed by atoms with van der Waals surface area (Å²) in [6.07, 6.45) is 13.3. The average Bonchev–Trinajstić information content (AvgIpc) is 3.50. The molecule has 2 N–H and O–H groups in total. The third kappa shape index (κ3) is 8.50. The first-order valence-corrected chi connectivity index (χ1v) is 12.9. The van der Waals surface area contributed by atoms with Crippen LogP contribution in [-0.2, 0) is 64.7 Å². The van der Waals surface area contributed by atoms with Crippen LogP contribution in [0.3, 0.4) is 0 Å². The molecule has 37 heavy (non-hydrogen) atoms. The number of rotatable bonds is 3. The molecule has 0 heterocycles. The molecular formula is C32H34F2O2Zr. The summed E-state index contributed by atoms with van der Waals surface area (Å²) < 4.78 is 24.1. The number of para-hydroxylation sites is 2. The SMILES string of the molecule is Oc1ccccc1F.Oc1ccccc1F.[Zr+2].c1c(CCc2cc3c([cH-]2)CCCC3)[cH-]c2c1CCCC2. The molecule has 0 amide bonds. The Balaban J connectivity index is 0.000000186. The molecule has 0 radical (unpaired) electrons. The molecule has 192 valence electrons. The van der Waals surface area contributed by atoms with E-state index < -0.39 is 11.6 Å². The second kappa shape index (κ2) is 14.4. The number of phenols is 2. The normalized spacial score (nSPS) is 13.6. The minimum Gasteiger partial charge on any atom is -0.505 e. The van der Waals surface area contributed by atoms with Gasteiger partial charge in [-0.25, -0.2) is 20.9 Å². The van der Waals surface area contributed by atoms with E-state index in [1.165, 1.54) is 101 Å². The maximum atomic E-state index is 12.1. The second-order valence-corrected chi connectivity index (χ2v) is 9.65. The Bertz CT molecular complexity index is 1070. The van der Waals surface area contributed by atoms with Crippen LogP contribution in [0.1, 0.15) is 59.1 Å². The summed E-state index contributed by atoms with van der Waals surface area (Å²) in [6.45, 7) is 0. The van der Waals surface area contributed by atoms with Crippen LogP contribution in [0.2, 0.25) is 0 Å². The predicted octanol–water partition coefficient (Wildman–Crippen LogP) is 7.73. The van der Waals surface area contributed by atoms with Gasteiger partial charge in [-0.05, 0) is 37.1 Å². The van der Waals surface area contributed by atoms with E-state index in [-0.39, 0.29) is 37.7 Å². The van der Waals surface area contributed by atoms with Crippen molar-refractivity contribution in [3.05, 3.63) is 118 Å². The van der Waals surface area contributed by atoms with Gasteiger partial charge in [0.15, 0.2) is 23.1 Å². The molecule has 0 aliphatic heterocycles. The van der Waals surface area contributed by atoms with Gasteiger partial charge in [0.25, 0.3) is 0 Å². The van der Waals surface area contributed by atoms with E-state index in [9.17, 15) is 8.78 Å². The molecule has 0 unspecified atom stereocenters. The zero-order valence-electron chi connectivity index (χ0n) is 21.1. The molecule has 0 spiro atoms. The van der Waals surface area contributed by atoms with Gasteiger partial charge in [0.05, 0.1) is 0 Å². The molecule has 0 bridgehead atoms. The van der Waals surface area contributed by atoms with Gasteiger partial charge in [-0.3, -0.25) is 0 Å². The summed E-state index contributed by atoms with van der Waals surface area (Å²) in [4.78, 5) is 0. The molecule has 0 saturated heterocycles. The number of phenolic OH excluding ortho intramolecular Hbond substituents is 2. The van der Waals surface area contributed by atoms with Gasteiger partial charge in [0, 0.05) is 0 Å². The first-order valence-electron chi connectivity index (χ1n) is 12.9. The number of hydrogen-bond acceptors (Lipinski definition) is 2. The number of fused-ring (bicyclic) bond motifs is 2. The molecule has 6 rings (SSSR count). The first-order chi connectivity index (χ1) is 17.5. The van der Waals surface area contributed by atoms with Crippen molar-refractivity contribution in [2.45, 2.75) is 64.2 Å². The molecule has 4 aromatic rings. The van der Waals surface area contributed by atoms with Crippen molar-refractivity contribution in [1.29, 1.82) is 0 Å². The smallest absolute Gasteiger partial charge is 0.505 e. The fourth-order valence-corrected chi connectivity index (χ4v) is 5.02. The maximum absolute atomic E-state index is 12.1. The molecule has 0 aromatic heterocycles. The Morgan fingerprint density at radius 1 is 0.595 bits per heavy atom. The van der Waals surface area contributed by atoms with Crippen molar-refractivity contribution in [2.24, 2.45) is 0 Å². The second-order valence-electron chi connectivity index (χ2n) is 9.65. The maximum Gasteiger partial charge on any atom is 2.00 e. The van der Waals surface area contributed by atoms with Crippen LogP contribution >= 0.6 is 0 Å². The molecule has 2 nitrogen and oxygen atoms in total. The summed E-state index contributed by atoms with van der Waals surface area (Å²) in [6, 6.07) is 21.1. The fourth-order valence-electron chi connectivity index (χ4n) is 5.02. The Kier molecular flexibility index (Phi) is 11.3. The summed E-state index contributed by atoms with van der Waals surface area (Å²) in [5.74, 6) is -1.75. The molecule has 4 aromatic carbocycles. The van der Waals surface area contributed by atoms with Crippen LogP contribution in [0.15, 0.2) is 72.8 Å². The molecule has 0 atom stereocenters. The molecule has 5 heteroatoms. The molecule has 0 saturated carbocycles. The largest absolute Gasteiger partial charge is 2.00 e. The van der Waals surface area contributed by atoms with Crippen LogP contribution in [0.25, 0.3) is 0 Å². The number of hydrogen-bond donors (Lipinski definition) is 2. The minimum absolute atomic E-state index is 0. The quantitative estimate of drug-likeness (QED) is 0.244. The standard InChI is InChI=1S/C20H24.2C6H5FO.Zr/c1-2-6-18-12-15(11-17(18)5-1)9-10-16-13-19-7-3-4-8-20(19)14-16;2*7-5-3-1-2-4-6(5)8;/h11-14H,1-10H2;2*1-4,8H;/q-2;;;+2. The zero-order valence-corrected chi connectivity index (χ0v) is 23.6. The molecule has 2 aliphatic carbocycles. The third-order valence-electron chi connectivity index (χ3n) is 6.96. The average molecular weight is 580 g/mol. The Morgan fingerprint density at radius 2 is 0.973 bits per heavy atom. The Hall–Kier alpha value is -2.52. The van der Waals surface area contributed by atoms with Gasteiger partial charge < -0.3 is 10.2 Å². The number of aromatic hydroxyl groups is 2. The monoisotopic (exact) mass is 578 g/mol. The van der Waals surface area contributed by atoms with E-state index in [1.54, 1.807) is 45.5 Å². The van der Waals surface area contributed by atoms with Gasteiger partial charge in [-0.1, -0.05) is 75.6 Å². The van der Waals surface area contributed by atoms with Gasteiger partial charge in [0.1, 0.15) is 0 Å². The molecule has 0 fully saturated rings. The third-order valence-corrected chi connectivity index (χ3v) is 6.96. The number of aryl methyl sites for hydroxylation is 6. The van der Waals surface area contributed by atoms with Crippen LogP contribution in [0, 0.1) is 11.6 Å². The minimum atomic E-state index is -0.576. The topological polar surface area (TPSA) is 40.5 Å². The van der Waals surface area contributed by atoms with E-state index in [0.717, 1.165) is 0 Å². The summed E-state index contributed by atoms with van der Waals surface area (Å²) in [7, 11) is 0. The Morgan fingerprint density at radius 3 is 1.30 bits per heavy atom. The fraction of sp³-hybridized carbons (Fsp3) is 0.312. The number of halogens is 2. The van der Waals surface area contributed by atoms with Crippen molar-refractivity contribution in [2.75, 3.05) is 0 Å². The van der Waals surface area contributed by atoms with Gasteiger partial charge in [-0.2, -0.15) is 45.5 Å². The van der Waals surface area contributed by atoms with Crippen LogP contribution in [0.4, 0.5) is 8.78 Å². The summed E-state index contributed by atoms with van der Waals surface area (Å²) >= 11 is 0. The summed E-state index contributed by atoms with van der Waals surface area (Å²) in [5, 5.41) is 17.1. The van der Waals surface area contributed by atoms with Crippen molar-refractivity contribution >= 4 is 0 Å². The van der Waals surface area contributed by atoms with Crippen molar-refractivity contribution < 1.29 is 45.2 Å². The predicted molar refractivity (Wildman–Crippen MR) is 141 cm³/mol. The van der Waals surface area contributed by atoms with Gasteiger partial charge in [0.2, 0.25) is 0 Å². The van der Waals surface area contributed by atoms with E-state index in [1.807, 2.05) is 0 Å². The molecular weight excluding hydrogens is 546 g/mol. The van der Waals surface area contributed by atoms with Crippen molar-refractivity contribution in [3.8, 4) is 11.5 Å². The van der Waals surface area contributed by atoms with Crippen molar-refractivity contribution in [3.63, 3.8) is 0 Å². The first kappa shape index (κ1) is 29.0. The van der Waals surface area contributed by atoms with Crippen molar-refractivity contribution in [1.82, 2.24) is 0 Å². The van der Waals surface area contributed by atoms with Crippen LogP contribution < -0.4 is 0 Å². The Labute approximate surface area is 237 Å². The van der Waals surface area contributed by atoms with E-state index >= 15 is 0 Å². The summed E-state index contributed by atoms with van der Waals surface area (Å²) in [5.41, 5.74) is 9.74. The van der Waals surface area contributed by atoms with Gasteiger partial charge >= 0.3 is 26.2 Å². The zero-order chi connectivity index (χ0) is 25.3. The van der Waals surface area contributed by atoms with Gasteiger partial charge in [-0.15, -0.1) is 0 Å².